The molecule has 152 valence electrons. The van der Waals surface area contributed by atoms with Gasteiger partial charge < -0.3 is 9.30 Å². The van der Waals surface area contributed by atoms with Gasteiger partial charge in [-0.2, -0.15) is 9.78 Å². The van der Waals surface area contributed by atoms with Gasteiger partial charge in [0.2, 0.25) is 0 Å². The van der Waals surface area contributed by atoms with Crippen molar-refractivity contribution >= 4 is 16.7 Å². The Bertz CT molecular complexity index is 1470. The first-order valence-electron chi connectivity index (χ1n) is 9.86. The predicted octanol–water partition coefficient (Wildman–Crippen LogP) is 4.38. The van der Waals surface area contributed by atoms with E-state index in [1.807, 2.05) is 73.7 Å². The molecule has 0 aliphatic carbocycles. The molecule has 3 aromatic rings. The number of benzene rings is 3. The van der Waals surface area contributed by atoms with E-state index in [0.717, 1.165) is 22.0 Å². The molecule has 0 radical (unpaired) electrons. The number of carbonyl (C=O) groups is 1. The number of carbonyl (C=O) groups excluding carboxylic acids is 1. The van der Waals surface area contributed by atoms with Gasteiger partial charge in [-0.25, -0.2) is 4.79 Å². The molecule has 2 aliphatic rings. The molecule has 0 bridgehead atoms. The van der Waals surface area contributed by atoms with Crippen LogP contribution >= 0.6 is 0 Å². The van der Waals surface area contributed by atoms with Crippen molar-refractivity contribution in [3.8, 4) is 22.6 Å². The van der Waals surface area contributed by atoms with Crippen molar-refractivity contribution in [3.63, 3.8) is 0 Å². The maximum Gasteiger partial charge on any atom is 0.341 e. The first kappa shape index (κ1) is 18.8. The van der Waals surface area contributed by atoms with Crippen LogP contribution in [0.5, 0.6) is 0 Å². The molecule has 0 unspecified atom stereocenters. The summed E-state index contributed by atoms with van der Waals surface area (Å²) < 4.78 is 8.14. The van der Waals surface area contributed by atoms with Crippen LogP contribution < -0.4 is 5.56 Å². The molecule has 0 saturated carbocycles. The van der Waals surface area contributed by atoms with E-state index in [4.69, 9.17) is 4.74 Å². The normalized spacial score (nSPS) is 11.2. The lowest BCUT2D eigenvalue weighted by Crippen LogP contribution is -2.16. The van der Waals surface area contributed by atoms with Crippen LogP contribution in [0.3, 0.4) is 0 Å². The first-order valence-corrected chi connectivity index (χ1v) is 9.86. The van der Waals surface area contributed by atoms with E-state index in [1.54, 1.807) is 17.0 Å². The second kappa shape index (κ2) is 7.25. The number of rotatable bonds is 3. The second-order valence-corrected chi connectivity index (χ2v) is 7.33. The summed E-state index contributed by atoms with van der Waals surface area (Å²) in [6.45, 7) is 1.92. The third-order valence-electron chi connectivity index (χ3n) is 5.46. The van der Waals surface area contributed by atoms with E-state index in [1.165, 1.54) is 11.8 Å². The minimum Gasteiger partial charge on any atom is -0.465 e. The second-order valence-electron chi connectivity index (χ2n) is 7.33. The summed E-state index contributed by atoms with van der Waals surface area (Å²) in [5, 5.41) is 6.56. The summed E-state index contributed by atoms with van der Waals surface area (Å²) in [6, 6.07) is 21.4. The number of para-hydroxylation sites is 1. The van der Waals surface area contributed by atoms with Crippen LogP contribution in [0.4, 0.5) is 0 Å². The van der Waals surface area contributed by atoms with Gasteiger partial charge in [-0.15, -0.1) is 0 Å². The SMILES string of the molecule is COC(=O)c1cn(-c2cccc3ccccc23)cc2c(=O)n(-c3ccccc3C)nc1-2. The smallest absolute Gasteiger partial charge is 0.341 e. The fraction of sp³-hybridized carbons (Fsp3) is 0.0800. The van der Waals surface area contributed by atoms with Crippen LogP contribution in [-0.2, 0) is 4.74 Å². The minimum absolute atomic E-state index is 0.234. The standard InChI is InChI=1S/C25H19N3O3/c1-16-8-3-6-12-21(16)28-24(29)19-14-27(15-20(23(19)26-28)25(30)31-2)22-13-7-10-17-9-4-5-11-18(17)22/h3-15H,1-2H3. The Morgan fingerprint density at radius 2 is 1.61 bits per heavy atom. The molecule has 6 heteroatoms. The molecule has 0 amide bonds. The highest BCUT2D eigenvalue weighted by Gasteiger charge is 2.25. The summed E-state index contributed by atoms with van der Waals surface area (Å²) in [7, 11) is 1.32. The minimum atomic E-state index is -0.547. The van der Waals surface area contributed by atoms with Crippen LogP contribution in [0.25, 0.3) is 33.4 Å². The highest BCUT2D eigenvalue weighted by Crippen LogP contribution is 2.28. The van der Waals surface area contributed by atoms with Crippen LogP contribution in [0.2, 0.25) is 0 Å². The van der Waals surface area contributed by atoms with E-state index < -0.39 is 5.97 Å². The molecule has 0 aromatic heterocycles. The third-order valence-corrected chi connectivity index (χ3v) is 5.46. The fourth-order valence-electron chi connectivity index (χ4n) is 3.90. The average Bonchev–Trinajstić information content (AvgIpc) is 3.14. The zero-order chi connectivity index (χ0) is 21.5. The molecule has 0 fully saturated rings. The maximum atomic E-state index is 13.3. The van der Waals surface area contributed by atoms with Crippen LogP contribution in [-0.4, -0.2) is 27.4 Å². The van der Waals surface area contributed by atoms with Gasteiger partial charge in [0.25, 0.3) is 5.56 Å². The van der Waals surface area contributed by atoms with Crippen molar-refractivity contribution in [3.05, 3.63) is 101 Å². The van der Waals surface area contributed by atoms with Gasteiger partial charge in [0, 0.05) is 17.8 Å². The lowest BCUT2D eigenvalue weighted by Gasteiger charge is -2.14. The van der Waals surface area contributed by atoms with Gasteiger partial charge in [-0.3, -0.25) is 4.79 Å². The van der Waals surface area contributed by atoms with E-state index in [2.05, 4.69) is 5.10 Å². The lowest BCUT2D eigenvalue weighted by molar-refractivity contribution is 0.0600. The largest absolute Gasteiger partial charge is 0.465 e. The van der Waals surface area contributed by atoms with E-state index >= 15 is 0 Å². The van der Waals surface area contributed by atoms with E-state index in [0.29, 0.717) is 16.9 Å². The molecule has 0 N–H and O–H groups in total. The monoisotopic (exact) mass is 409 g/mol. The van der Waals surface area contributed by atoms with Gasteiger partial charge in [0.15, 0.2) is 0 Å². The van der Waals surface area contributed by atoms with Crippen molar-refractivity contribution in [2.24, 2.45) is 0 Å². The van der Waals surface area contributed by atoms with Crippen LogP contribution in [0.15, 0.2) is 83.9 Å². The first-order chi connectivity index (χ1) is 15.1. The third kappa shape index (κ3) is 3.00. The summed E-state index contributed by atoms with van der Waals surface area (Å²) in [6.07, 6.45) is 3.40. The molecule has 0 atom stereocenters. The van der Waals surface area contributed by atoms with Gasteiger partial charge in [0.05, 0.1) is 24.0 Å². The molecule has 2 heterocycles. The number of hydrogen-bond donors (Lipinski definition) is 0. The number of methoxy groups -OCH3 is 1. The van der Waals surface area contributed by atoms with Crippen molar-refractivity contribution < 1.29 is 9.53 Å². The maximum absolute atomic E-state index is 13.3. The van der Waals surface area contributed by atoms with Gasteiger partial charge >= 0.3 is 5.97 Å². The van der Waals surface area contributed by atoms with Crippen molar-refractivity contribution in [2.45, 2.75) is 6.92 Å². The zero-order valence-electron chi connectivity index (χ0n) is 17.1. The quantitative estimate of drug-likeness (QED) is 0.415. The van der Waals surface area contributed by atoms with E-state index in [9.17, 15) is 9.59 Å². The zero-order valence-corrected chi connectivity index (χ0v) is 17.1. The van der Waals surface area contributed by atoms with Crippen LogP contribution in [0, 0.1) is 6.92 Å². The highest BCUT2D eigenvalue weighted by molar-refractivity contribution is 5.97. The Kier molecular flexibility index (Phi) is 4.40. The number of nitrogens with zero attached hydrogens (tertiary/aromatic N) is 3. The number of ether oxygens (including phenoxy) is 1. The van der Waals surface area contributed by atoms with Gasteiger partial charge in [0.1, 0.15) is 11.3 Å². The summed E-state index contributed by atoms with van der Waals surface area (Å²) in [5.41, 5.74) is 3.05. The average molecular weight is 409 g/mol. The Morgan fingerprint density at radius 1 is 0.903 bits per heavy atom. The molecule has 0 spiro atoms. The predicted molar refractivity (Wildman–Crippen MR) is 119 cm³/mol. The number of hydrogen-bond acceptors (Lipinski definition) is 4. The Hall–Kier alpha value is -4.19. The highest BCUT2D eigenvalue weighted by atomic mass is 16.5. The molecule has 6 nitrogen and oxygen atoms in total. The Labute approximate surface area is 178 Å². The molecular weight excluding hydrogens is 390 g/mol. The molecule has 0 saturated heterocycles. The Morgan fingerprint density at radius 3 is 2.42 bits per heavy atom. The lowest BCUT2D eigenvalue weighted by atomic mass is 10.1. The Balaban J connectivity index is 1.83. The fourth-order valence-corrected chi connectivity index (χ4v) is 3.90. The number of aromatic nitrogens is 3. The summed E-state index contributed by atoms with van der Waals surface area (Å²) >= 11 is 0. The summed E-state index contributed by atoms with van der Waals surface area (Å²) in [4.78, 5) is 25.9. The number of aryl methyl sites for hydroxylation is 1. The van der Waals surface area contributed by atoms with Crippen molar-refractivity contribution in [1.29, 1.82) is 0 Å². The molecule has 2 aliphatic heterocycles. The molecule has 31 heavy (non-hydrogen) atoms. The topological polar surface area (TPSA) is 66.1 Å². The van der Waals surface area contributed by atoms with Crippen LogP contribution in [0.1, 0.15) is 15.9 Å². The van der Waals surface area contributed by atoms with E-state index in [-0.39, 0.29) is 11.1 Å². The molecule has 3 aromatic carbocycles. The van der Waals surface area contributed by atoms with Gasteiger partial charge in [-0.1, -0.05) is 54.6 Å². The molecule has 5 rings (SSSR count). The number of fused-ring (bicyclic) bond motifs is 2. The number of pyridine rings is 1. The van der Waals surface area contributed by atoms with Crippen molar-refractivity contribution in [2.75, 3.05) is 7.11 Å². The van der Waals surface area contributed by atoms with Crippen molar-refractivity contribution in [1.82, 2.24) is 14.3 Å². The number of esters is 1. The molecular formula is C25H19N3O3. The summed E-state index contributed by atoms with van der Waals surface area (Å²) in [5.74, 6) is -0.547. The van der Waals surface area contributed by atoms with Gasteiger partial charge in [-0.05, 0) is 30.0 Å².